The van der Waals surface area contributed by atoms with Gasteiger partial charge < -0.3 is 15.8 Å². The lowest BCUT2D eigenvalue weighted by atomic mass is 9.76. The van der Waals surface area contributed by atoms with Gasteiger partial charge in [0.2, 0.25) is 0 Å². The number of cyclic esters (lactones) is 1. The van der Waals surface area contributed by atoms with Gasteiger partial charge in [0.25, 0.3) is 0 Å². The van der Waals surface area contributed by atoms with Crippen LogP contribution in [0.4, 0.5) is 4.79 Å². The van der Waals surface area contributed by atoms with Gasteiger partial charge in [-0.1, -0.05) is 156 Å². The standard InChI is InChI=1S/C18H19NO2.C17H21N.CH4/c1-13(2)16-18(21-17(20)19-16,14-9-5-3-6-10-14)15-11-7-4-8-12-15;1-13(2)17(18)16(14-9-5-3-6-10-14)15-11-7-4-8-12-15;/h3-13,16H,1-2H3,(H,19,20);3-13,16-17H,18H2,1-2H3;1H4/t16-;17-;/m00./s1. The number of hydrogen-bond donors (Lipinski definition) is 2. The van der Waals surface area contributed by atoms with Gasteiger partial charge in [-0.2, -0.15) is 0 Å². The molecule has 40 heavy (non-hydrogen) atoms. The number of rotatable bonds is 7. The molecule has 0 unspecified atom stereocenters. The molecule has 1 amide bonds. The van der Waals surface area contributed by atoms with E-state index in [0.29, 0.717) is 5.92 Å². The van der Waals surface area contributed by atoms with Crippen molar-refractivity contribution in [2.45, 2.75) is 58.7 Å². The minimum atomic E-state index is -0.770. The molecule has 0 aromatic heterocycles. The van der Waals surface area contributed by atoms with Crippen molar-refractivity contribution in [3.05, 3.63) is 144 Å². The maximum atomic E-state index is 12.0. The average molecular weight is 537 g/mol. The van der Waals surface area contributed by atoms with Crippen LogP contribution in [-0.4, -0.2) is 18.2 Å². The van der Waals surface area contributed by atoms with Gasteiger partial charge in [-0.3, -0.25) is 0 Å². The smallest absolute Gasteiger partial charge is 0.408 e. The summed E-state index contributed by atoms with van der Waals surface area (Å²) >= 11 is 0. The molecule has 1 aliphatic rings. The van der Waals surface area contributed by atoms with Crippen molar-refractivity contribution < 1.29 is 9.53 Å². The monoisotopic (exact) mass is 536 g/mol. The topological polar surface area (TPSA) is 64.3 Å². The summed E-state index contributed by atoms with van der Waals surface area (Å²) in [6, 6.07) is 41.0. The Morgan fingerprint density at radius 2 is 1.05 bits per heavy atom. The van der Waals surface area contributed by atoms with Crippen molar-refractivity contribution >= 4 is 6.09 Å². The predicted molar refractivity (Wildman–Crippen MR) is 166 cm³/mol. The fourth-order valence-electron chi connectivity index (χ4n) is 5.46. The van der Waals surface area contributed by atoms with Gasteiger partial charge in [0.05, 0.1) is 6.04 Å². The van der Waals surface area contributed by atoms with Crippen molar-refractivity contribution in [2.24, 2.45) is 17.6 Å². The molecule has 5 rings (SSSR count). The van der Waals surface area contributed by atoms with Crippen molar-refractivity contribution in [1.82, 2.24) is 5.32 Å². The summed E-state index contributed by atoms with van der Waals surface area (Å²) in [4.78, 5) is 12.0. The number of carbonyl (C=O) groups is 1. The molecule has 0 saturated carbocycles. The molecule has 4 heteroatoms. The second kappa shape index (κ2) is 14.0. The summed E-state index contributed by atoms with van der Waals surface area (Å²) in [5.41, 5.74) is 10.2. The zero-order chi connectivity index (χ0) is 27.8. The predicted octanol–water partition coefficient (Wildman–Crippen LogP) is 8.13. The third kappa shape index (κ3) is 6.63. The number of amides is 1. The Bertz CT molecular complexity index is 1210. The molecule has 210 valence electrons. The normalized spacial score (nSPS) is 16.4. The minimum Gasteiger partial charge on any atom is -0.431 e. The molecule has 2 atom stereocenters. The molecule has 1 heterocycles. The van der Waals surface area contributed by atoms with Gasteiger partial charge >= 0.3 is 6.09 Å². The molecule has 4 nitrogen and oxygen atoms in total. The molecular formula is C36H44N2O2. The Labute approximate surface area is 240 Å². The van der Waals surface area contributed by atoms with E-state index >= 15 is 0 Å². The lowest BCUT2D eigenvalue weighted by Crippen LogP contribution is -2.45. The van der Waals surface area contributed by atoms with E-state index in [1.165, 1.54) is 11.1 Å². The van der Waals surface area contributed by atoms with Crippen LogP contribution in [0.1, 0.15) is 63.3 Å². The number of hydrogen-bond acceptors (Lipinski definition) is 3. The highest BCUT2D eigenvalue weighted by atomic mass is 16.6. The van der Waals surface area contributed by atoms with E-state index in [4.69, 9.17) is 10.5 Å². The van der Waals surface area contributed by atoms with Gasteiger partial charge in [-0.05, 0) is 23.0 Å². The molecule has 0 radical (unpaired) electrons. The number of nitrogens with two attached hydrogens (primary N) is 1. The lowest BCUT2D eigenvalue weighted by molar-refractivity contribution is 0.0584. The first-order valence-electron chi connectivity index (χ1n) is 13.8. The third-order valence-corrected chi connectivity index (χ3v) is 7.51. The summed E-state index contributed by atoms with van der Waals surface area (Å²) < 4.78 is 5.84. The molecular weight excluding hydrogens is 492 g/mol. The fourth-order valence-corrected chi connectivity index (χ4v) is 5.46. The van der Waals surface area contributed by atoms with Gasteiger partial charge in [-0.15, -0.1) is 0 Å². The van der Waals surface area contributed by atoms with Crippen LogP contribution in [0, 0.1) is 11.8 Å². The number of carbonyl (C=O) groups excluding carboxylic acids is 1. The molecule has 0 aliphatic carbocycles. The van der Waals surface area contributed by atoms with Crippen LogP contribution in [0.25, 0.3) is 0 Å². The van der Waals surface area contributed by atoms with E-state index in [1.54, 1.807) is 0 Å². The van der Waals surface area contributed by atoms with E-state index in [0.717, 1.165) is 11.1 Å². The molecule has 4 aromatic carbocycles. The average Bonchev–Trinajstić information content (AvgIpc) is 3.34. The van der Waals surface area contributed by atoms with E-state index in [9.17, 15) is 4.79 Å². The van der Waals surface area contributed by atoms with Crippen molar-refractivity contribution in [3.63, 3.8) is 0 Å². The van der Waals surface area contributed by atoms with Crippen LogP contribution >= 0.6 is 0 Å². The second-order valence-corrected chi connectivity index (χ2v) is 10.8. The van der Waals surface area contributed by atoms with Crippen LogP contribution in [-0.2, 0) is 10.3 Å². The second-order valence-electron chi connectivity index (χ2n) is 10.8. The zero-order valence-electron chi connectivity index (χ0n) is 23.3. The zero-order valence-corrected chi connectivity index (χ0v) is 23.3. The summed E-state index contributed by atoms with van der Waals surface area (Å²) in [5, 5.41) is 2.98. The van der Waals surface area contributed by atoms with Gasteiger partial charge in [0, 0.05) is 23.1 Å². The molecule has 3 N–H and O–H groups in total. The fraction of sp³-hybridized carbons (Fsp3) is 0.306. The van der Waals surface area contributed by atoms with E-state index in [2.05, 4.69) is 81.5 Å². The maximum Gasteiger partial charge on any atom is 0.408 e. The quantitative estimate of drug-likeness (QED) is 0.251. The third-order valence-electron chi connectivity index (χ3n) is 7.51. The van der Waals surface area contributed by atoms with Crippen molar-refractivity contribution in [3.8, 4) is 0 Å². The molecule has 0 spiro atoms. The Kier molecular flexibility index (Phi) is 10.7. The van der Waals surface area contributed by atoms with E-state index < -0.39 is 5.60 Å². The summed E-state index contributed by atoms with van der Waals surface area (Å²) in [6.07, 6.45) is -0.360. The maximum absolute atomic E-state index is 12.0. The first-order valence-corrected chi connectivity index (χ1v) is 13.8. The Morgan fingerprint density at radius 3 is 1.40 bits per heavy atom. The molecule has 4 aromatic rings. The number of alkyl carbamates (subject to hydrolysis) is 1. The highest BCUT2D eigenvalue weighted by Crippen LogP contribution is 2.43. The Hall–Kier alpha value is -3.89. The first kappa shape index (κ1) is 30.6. The van der Waals surface area contributed by atoms with E-state index in [-0.39, 0.29) is 37.4 Å². The minimum absolute atomic E-state index is 0. The van der Waals surface area contributed by atoms with Gasteiger partial charge in [0.15, 0.2) is 5.60 Å². The Morgan fingerprint density at radius 1 is 0.675 bits per heavy atom. The van der Waals surface area contributed by atoms with Crippen LogP contribution in [0.15, 0.2) is 121 Å². The van der Waals surface area contributed by atoms with Crippen LogP contribution in [0.2, 0.25) is 0 Å². The molecule has 1 fully saturated rings. The van der Waals surface area contributed by atoms with Gasteiger partial charge in [0.1, 0.15) is 0 Å². The lowest BCUT2D eigenvalue weighted by Gasteiger charge is -2.35. The SMILES string of the molecule is C.CC(C)[C@@H]1NC(=O)OC1(c1ccccc1)c1ccccc1.CC(C)[C@H](N)C(c1ccccc1)c1ccccc1. The number of nitrogens with one attached hydrogen (secondary N) is 1. The van der Waals surface area contributed by atoms with Crippen molar-refractivity contribution in [2.75, 3.05) is 0 Å². The number of benzene rings is 4. The van der Waals surface area contributed by atoms with Gasteiger partial charge in [-0.25, -0.2) is 4.79 Å². The highest BCUT2D eigenvalue weighted by Gasteiger charge is 2.52. The van der Waals surface area contributed by atoms with Crippen molar-refractivity contribution in [1.29, 1.82) is 0 Å². The first-order chi connectivity index (χ1) is 18.8. The Balaban J connectivity index is 0.000000218. The molecule has 1 aliphatic heterocycles. The molecule has 0 bridgehead atoms. The van der Waals surface area contributed by atoms with Crippen LogP contribution < -0.4 is 11.1 Å². The summed E-state index contributed by atoms with van der Waals surface area (Å²) in [7, 11) is 0. The largest absolute Gasteiger partial charge is 0.431 e. The summed E-state index contributed by atoms with van der Waals surface area (Å²) in [5.74, 6) is 0.972. The number of ether oxygens (including phenoxy) is 1. The molecule has 1 saturated heterocycles. The van der Waals surface area contributed by atoms with Crippen LogP contribution in [0.3, 0.4) is 0 Å². The summed E-state index contributed by atoms with van der Waals surface area (Å²) in [6.45, 7) is 8.56. The van der Waals surface area contributed by atoms with Crippen LogP contribution in [0.5, 0.6) is 0 Å². The van der Waals surface area contributed by atoms with E-state index in [1.807, 2.05) is 72.8 Å². The highest BCUT2D eigenvalue weighted by molar-refractivity contribution is 5.73.